The summed E-state index contributed by atoms with van der Waals surface area (Å²) in [6, 6.07) is 16.6. The second-order valence-corrected chi connectivity index (χ2v) is 11.3. The summed E-state index contributed by atoms with van der Waals surface area (Å²) in [5.41, 5.74) is 1.60. The molecule has 0 bridgehead atoms. The second-order valence-electron chi connectivity index (χ2n) is 8.80. The van der Waals surface area contributed by atoms with Crippen molar-refractivity contribution in [1.82, 2.24) is 9.66 Å². The van der Waals surface area contributed by atoms with E-state index in [1.54, 1.807) is 24.4 Å². The van der Waals surface area contributed by atoms with E-state index < -0.39 is 0 Å². The lowest BCUT2D eigenvalue weighted by Gasteiger charge is -2.19. The number of nitrogens with zero attached hydrogens (tertiary/aromatic N) is 3. The van der Waals surface area contributed by atoms with Crippen molar-refractivity contribution < 1.29 is 13.9 Å². The molecule has 10 heteroatoms. The molecular weight excluding hydrogens is 694 g/mol. The summed E-state index contributed by atoms with van der Waals surface area (Å²) >= 11 is 10.8. The molecule has 0 fully saturated rings. The fourth-order valence-electron chi connectivity index (χ4n) is 3.99. The molecule has 0 unspecified atom stereocenters. The van der Waals surface area contributed by atoms with Gasteiger partial charge in [-0.1, -0.05) is 35.0 Å². The largest absolute Gasteiger partial charge is 0.490 e. The topological polar surface area (TPSA) is 78.9 Å². The van der Waals surface area contributed by atoms with E-state index in [4.69, 9.17) is 18.9 Å². The first kappa shape index (κ1) is 27.6. The molecule has 200 valence electrons. The molecule has 39 heavy (non-hydrogen) atoms. The van der Waals surface area contributed by atoms with Crippen molar-refractivity contribution in [2.24, 2.45) is 5.10 Å². The molecule has 0 saturated heterocycles. The second kappa shape index (κ2) is 11.7. The molecule has 5 aromatic rings. The fourth-order valence-corrected chi connectivity index (χ4v) is 5.28. The highest BCUT2D eigenvalue weighted by Crippen LogP contribution is 2.43. The number of halogens is 3. The van der Waals surface area contributed by atoms with Gasteiger partial charge in [0.15, 0.2) is 17.3 Å². The van der Waals surface area contributed by atoms with Gasteiger partial charge in [-0.05, 0) is 94.6 Å². The van der Waals surface area contributed by atoms with Gasteiger partial charge in [-0.15, -0.1) is 0 Å². The Morgan fingerprint density at radius 2 is 1.87 bits per heavy atom. The van der Waals surface area contributed by atoms with Gasteiger partial charge in [0.2, 0.25) is 5.82 Å². The molecule has 2 aromatic heterocycles. The van der Waals surface area contributed by atoms with Crippen LogP contribution in [0.4, 0.5) is 0 Å². The third-order valence-corrected chi connectivity index (χ3v) is 8.75. The number of furan rings is 1. The molecular formula is C29H24Br3N3O4. The Morgan fingerprint density at radius 1 is 1.08 bits per heavy atom. The zero-order chi connectivity index (χ0) is 27.7. The Kier molecular flexibility index (Phi) is 8.25. The van der Waals surface area contributed by atoms with Gasteiger partial charge in [0, 0.05) is 19.9 Å². The summed E-state index contributed by atoms with van der Waals surface area (Å²) in [6.07, 6.45) is 2.43. The first-order valence-electron chi connectivity index (χ1n) is 12.4. The van der Waals surface area contributed by atoms with Crippen LogP contribution in [0.1, 0.15) is 32.8 Å². The Balaban J connectivity index is 1.67. The minimum Gasteiger partial charge on any atom is -0.490 e. The SMILES string of the molecule is CCOc1cc(C=Nn2c(-c3cc4cc(Br)ccc4o3)nc3ccccc3c2=O)c(Br)c(Br)c1O[C@@H](C)CC. The van der Waals surface area contributed by atoms with Crippen LogP contribution in [0.3, 0.4) is 0 Å². The van der Waals surface area contributed by atoms with Gasteiger partial charge in [-0.25, -0.2) is 4.98 Å². The highest BCUT2D eigenvalue weighted by molar-refractivity contribution is 9.13. The molecule has 0 N–H and O–H groups in total. The first-order chi connectivity index (χ1) is 18.8. The maximum atomic E-state index is 13.6. The molecule has 0 spiro atoms. The van der Waals surface area contributed by atoms with Gasteiger partial charge >= 0.3 is 0 Å². The van der Waals surface area contributed by atoms with E-state index in [0.29, 0.717) is 60.7 Å². The van der Waals surface area contributed by atoms with Crippen LogP contribution in [-0.4, -0.2) is 28.6 Å². The van der Waals surface area contributed by atoms with Crippen LogP contribution in [-0.2, 0) is 0 Å². The van der Waals surface area contributed by atoms with Crippen molar-refractivity contribution in [3.63, 3.8) is 0 Å². The minimum atomic E-state index is -0.314. The average molecular weight is 718 g/mol. The highest BCUT2D eigenvalue weighted by atomic mass is 79.9. The number of para-hydroxylation sites is 1. The van der Waals surface area contributed by atoms with Crippen molar-refractivity contribution in [3.8, 4) is 23.1 Å². The van der Waals surface area contributed by atoms with Crippen LogP contribution in [0.2, 0.25) is 0 Å². The Hall–Kier alpha value is -2.95. The molecule has 1 atom stereocenters. The molecule has 2 heterocycles. The van der Waals surface area contributed by atoms with E-state index in [0.717, 1.165) is 16.3 Å². The third-order valence-electron chi connectivity index (χ3n) is 6.11. The van der Waals surface area contributed by atoms with Crippen LogP contribution in [0.25, 0.3) is 33.5 Å². The van der Waals surface area contributed by atoms with Gasteiger partial charge in [-0.3, -0.25) is 4.79 Å². The van der Waals surface area contributed by atoms with E-state index in [9.17, 15) is 4.79 Å². The minimum absolute atomic E-state index is 0.00108. The van der Waals surface area contributed by atoms with Gasteiger partial charge in [0.1, 0.15) is 5.58 Å². The van der Waals surface area contributed by atoms with Gasteiger partial charge in [0.25, 0.3) is 5.56 Å². The summed E-state index contributed by atoms with van der Waals surface area (Å²) in [5.74, 6) is 1.89. The quantitative estimate of drug-likeness (QED) is 0.150. The maximum Gasteiger partial charge on any atom is 0.282 e. The van der Waals surface area contributed by atoms with E-state index in [-0.39, 0.29) is 11.7 Å². The lowest BCUT2D eigenvalue weighted by atomic mass is 10.2. The van der Waals surface area contributed by atoms with Gasteiger partial charge < -0.3 is 13.9 Å². The molecule has 3 aromatic carbocycles. The number of hydrogen-bond acceptors (Lipinski definition) is 6. The predicted molar refractivity (Wildman–Crippen MR) is 165 cm³/mol. The number of fused-ring (bicyclic) bond motifs is 2. The zero-order valence-corrected chi connectivity index (χ0v) is 26.1. The van der Waals surface area contributed by atoms with Crippen molar-refractivity contribution >= 4 is 75.9 Å². The van der Waals surface area contributed by atoms with Crippen molar-refractivity contribution in [2.45, 2.75) is 33.3 Å². The molecule has 0 aliphatic heterocycles. The van der Waals surface area contributed by atoms with E-state index in [2.05, 4.69) is 59.8 Å². The maximum absolute atomic E-state index is 13.6. The van der Waals surface area contributed by atoms with Crippen LogP contribution in [0, 0.1) is 0 Å². The van der Waals surface area contributed by atoms with Crippen LogP contribution >= 0.6 is 47.8 Å². The molecule has 0 aliphatic carbocycles. The van der Waals surface area contributed by atoms with Gasteiger partial charge in [0.05, 0.1) is 34.3 Å². The molecule has 0 aliphatic rings. The third kappa shape index (κ3) is 5.55. The van der Waals surface area contributed by atoms with E-state index >= 15 is 0 Å². The van der Waals surface area contributed by atoms with Crippen molar-refractivity contribution in [1.29, 1.82) is 0 Å². The smallest absolute Gasteiger partial charge is 0.282 e. The molecule has 0 amide bonds. The van der Waals surface area contributed by atoms with Crippen LogP contribution in [0.5, 0.6) is 11.5 Å². The number of rotatable bonds is 8. The Morgan fingerprint density at radius 3 is 2.64 bits per heavy atom. The molecule has 7 nitrogen and oxygen atoms in total. The zero-order valence-electron chi connectivity index (χ0n) is 21.4. The standard InChI is InChI=1S/C29H24Br3N3O4/c1-4-16(3)38-27-23(37-5-2)14-18(25(31)26(27)32)15-33-35-28(34-21-9-7-6-8-20(21)29(35)36)24-13-17-12-19(30)10-11-22(17)39-24/h6-16H,4-5H2,1-3H3/t16-/m0/s1. The Labute approximate surface area is 250 Å². The van der Waals surface area contributed by atoms with Crippen molar-refractivity contribution in [2.75, 3.05) is 6.61 Å². The lowest BCUT2D eigenvalue weighted by molar-refractivity contribution is 0.201. The van der Waals surface area contributed by atoms with E-state index in [1.807, 2.05) is 50.2 Å². The summed E-state index contributed by atoms with van der Waals surface area (Å²) < 4.78 is 21.7. The molecule has 0 radical (unpaired) electrons. The van der Waals surface area contributed by atoms with Crippen LogP contribution < -0.4 is 15.0 Å². The number of benzene rings is 3. The number of aromatic nitrogens is 2. The summed E-state index contributed by atoms with van der Waals surface area (Å²) in [7, 11) is 0. The van der Waals surface area contributed by atoms with Crippen molar-refractivity contribution in [3.05, 3.63) is 83.9 Å². The number of hydrogen-bond donors (Lipinski definition) is 0. The molecule has 0 saturated carbocycles. The van der Waals surface area contributed by atoms with Gasteiger partial charge in [-0.2, -0.15) is 9.78 Å². The first-order valence-corrected chi connectivity index (χ1v) is 14.8. The predicted octanol–water partition coefficient (Wildman–Crippen LogP) is 8.56. The normalized spacial score (nSPS) is 12.5. The summed E-state index contributed by atoms with van der Waals surface area (Å²) in [6.45, 7) is 6.43. The average Bonchev–Trinajstić information content (AvgIpc) is 3.35. The van der Waals surface area contributed by atoms with Crippen LogP contribution in [0.15, 0.2) is 82.3 Å². The fraction of sp³-hybridized carbons (Fsp3) is 0.207. The lowest BCUT2D eigenvalue weighted by Crippen LogP contribution is -2.20. The summed E-state index contributed by atoms with van der Waals surface area (Å²) in [4.78, 5) is 18.4. The monoisotopic (exact) mass is 715 g/mol. The molecule has 5 rings (SSSR count). The Bertz CT molecular complexity index is 1780. The summed E-state index contributed by atoms with van der Waals surface area (Å²) in [5, 5.41) is 5.93. The van der Waals surface area contributed by atoms with E-state index in [1.165, 1.54) is 4.68 Å². The highest BCUT2D eigenvalue weighted by Gasteiger charge is 2.20. The number of ether oxygens (including phenoxy) is 2.